The minimum Gasteiger partial charge on any atom is -0.481 e. The van der Waals surface area contributed by atoms with E-state index in [9.17, 15) is 4.79 Å². The number of nitrogens with zero attached hydrogens (tertiary/aromatic N) is 1. The number of nitrogens with two attached hydrogens (primary N) is 1. The Hall–Kier alpha value is -1.26. The number of aliphatic carboxylic acids is 1. The Kier molecular flexibility index (Phi) is 16.7. The molecule has 0 fully saturated rings. The molecule has 0 aliphatic rings. The third-order valence-corrected chi connectivity index (χ3v) is 4.61. The van der Waals surface area contributed by atoms with Gasteiger partial charge in [0.05, 0.1) is 20.6 Å². The fourth-order valence-electron chi connectivity index (χ4n) is 2.90. The second-order valence-electron chi connectivity index (χ2n) is 7.30. The number of nitrogens with one attached hydrogen (secondary N) is 1. The fraction of sp³-hybridized carbons (Fsp3) is 0.900. The van der Waals surface area contributed by atoms with Crippen LogP contribution in [-0.4, -0.2) is 42.3 Å². The zero-order chi connectivity index (χ0) is 18.8. The summed E-state index contributed by atoms with van der Waals surface area (Å²) in [5.74, 6) is 0.0875. The maximum atomic E-state index is 10.4. The van der Waals surface area contributed by atoms with Gasteiger partial charge in [0.1, 0.15) is 0 Å². The second-order valence-corrected chi connectivity index (χ2v) is 7.30. The predicted molar refractivity (Wildman–Crippen MR) is 106 cm³/mol. The summed E-state index contributed by atoms with van der Waals surface area (Å²) in [6.45, 7) is 0.973. The molecule has 0 aromatic carbocycles. The summed E-state index contributed by atoms with van der Waals surface area (Å²) < 4.78 is 1.90. The van der Waals surface area contributed by atoms with Crippen LogP contribution in [0.15, 0.2) is 0 Å². The molecule has 0 amide bonds. The number of hydrogen-bond donors (Lipinski definition) is 3. The van der Waals surface area contributed by atoms with E-state index in [2.05, 4.69) is 5.32 Å². The van der Waals surface area contributed by atoms with Gasteiger partial charge in [-0.1, -0.05) is 77.0 Å². The summed E-state index contributed by atoms with van der Waals surface area (Å²) in [5, 5.41) is 11.8. The lowest BCUT2D eigenvalue weighted by molar-refractivity contribution is -0.467. The molecule has 25 heavy (non-hydrogen) atoms. The van der Waals surface area contributed by atoms with Crippen molar-refractivity contribution >= 4 is 11.9 Å². The van der Waals surface area contributed by atoms with E-state index in [0.717, 1.165) is 25.3 Å². The van der Waals surface area contributed by atoms with E-state index >= 15 is 0 Å². The summed E-state index contributed by atoms with van der Waals surface area (Å²) in [6, 6.07) is 0. The van der Waals surface area contributed by atoms with Crippen molar-refractivity contribution in [2.45, 2.75) is 96.3 Å². The van der Waals surface area contributed by atoms with Crippen LogP contribution in [0.25, 0.3) is 0 Å². The fourth-order valence-corrected chi connectivity index (χ4v) is 2.90. The van der Waals surface area contributed by atoms with Crippen LogP contribution in [0.1, 0.15) is 96.3 Å². The Labute approximate surface area is 155 Å². The van der Waals surface area contributed by atoms with Crippen molar-refractivity contribution in [1.82, 2.24) is 5.32 Å². The number of guanidine groups is 1. The second kappa shape index (κ2) is 17.6. The van der Waals surface area contributed by atoms with E-state index in [4.69, 9.17) is 10.8 Å². The highest BCUT2D eigenvalue weighted by Crippen LogP contribution is 2.13. The minimum absolute atomic E-state index is 0.332. The SMILES string of the molecule is C[N+](C)=C(N)NCCCCCCCCCCCCCCCCC(=O)O. The van der Waals surface area contributed by atoms with Crippen LogP contribution in [0.4, 0.5) is 0 Å². The van der Waals surface area contributed by atoms with Crippen molar-refractivity contribution in [3.05, 3.63) is 0 Å². The Morgan fingerprint density at radius 3 is 1.48 bits per heavy atom. The lowest BCUT2D eigenvalue weighted by Crippen LogP contribution is -2.38. The van der Waals surface area contributed by atoms with Crippen LogP contribution in [0.3, 0.4) is 0 Å². The van der Waals surface area contributed by atoms with Crippen LogP contribution in [-0.2, 0) is 4.79 Å². The van der Waals surface area contributed by atoms with E-state index in [1.807, 2.05) is 18.7 Å². The third kappa shape index (κ3) is 18.9. The molecule has 0 aliphatic heterocycles. The number of carboxylic acid groups (broad SMARTS) is 1. The van der Waals surface area contributed by atoms with E-state index < -0.39 is 5.97 Å². The van der Waals surface area contributed by atoms with Crippen LogP contribution in [0.2, 0.25) is 0 Å². The first-order valence-electron chi connectivity index (χ1n) is 10.3. The average Bonchev–Trinajstić information content (AvgIpc) is 2.57. The molecule has 0 saturated heterocycles. The molecule has 0 saturated carbocycles. The molecule has 0 aromatic rings. The van der Waals surface area contributed by atoms with Gasteiger partial charge in [-0.3, -0.25) is 20.4 Å². The summed E-state index contributed by atoms with van der Waals surface area (Å²) in [6.07, 6.45) is 18.0. The number of carbonyl (C=O) groups is 1. The van der Waals surface area contributed by atoms with Gasteiger partial charge < -0.3 is 5.11 Å². The Bertz CT molecular complexity index is 353. The standard InChI is InChI=1S/C20H41N3O2/c1-23(2)20(21)22-18-16-14-12-10-8-6-4-3-5-7-9-11-13-15-17-19(24)25/h3-18H2,1-2H3,(H3,21,22,24,25)/p+1. The molecule has 0 aliphatic carbocycles. The van der Waals surface area contributed by atoms with Crippen LogP contribution in [0, 0.1) is 0 Å². The van der Waals surface area contributed by atoms with E-state index in [-0.39, 0.29) is 0 Å². The van der Waals surface area contributed by atoms with Crippen LogP contribution >= 0.6 is 0 Å². The molecular weight excluding hydrogens is 314 g/mol. The summed E-state index contributed by atoms with van der Waals surface area (Å²) >= 11 is 0. The first-order chi connectivity index (χ1) is 12.0. The highest BCUT2D eigenvalue weighted by atomic mass is 16.4. The van der Waals surface area contributed by atoms with Crippen molar-refractivity contribution in [3.63, 3.8) is 0 Å². The quantitative estimate of drug-likeness (QED) is 0.159. The van der Waals surface area contributed by atoms with Gasteiger partial charge in [-0.25, -0.2) is 0 Å². The Morgan fingerprint density at radius 2 is 1.12 bits per heavy atom. The lowest BCUT2D eigenvalue weighted by Gasteiger charge is -2.04. The van der Waals surface area contributed by atoms with Gasteiger partial charge in [0.15, 0.2) is 0 Å². The van der Waals surface area contributed by atoms with Gasteiger partial charge in [-0.15, -0.1) is 0 Å². The van der Waals surface area contributed by atoms with Gasteiger partial charge in [-0.05, 0) is 12.8 Å². The average molecular weight is 357 g/mol. The van der Waals surface area contributed by atoms with Crippen LogP contribution < -0.4 is 11.1 Å². The van der Waals surface area contributed by atoms with Crippen molar-refractivity contribution in [1.29, 1.82) is 0 Å². The zero-order valence-electron chi connectivity index (χ0n) is 16.7. The van der Waals surface area contributed by atoms with Crippen molar-refractivity contribution in [2.75, 3.05) is 20.6 Å². The largest absolute Gasteiger partial charge is 0.481 e. The molecular formula is C20H42N3O2+. The highest BCUT2D eigenvalue weighted by Gasteiger charge is 1.99. The van der Waals surface area contributed by atoms with E-state index in [1.54, 1.807) is 0 Å². The topological polar surface area (TPSA) is 78.4 Å². The molecule has 5 nitrogen and oxygen atoms in total. The van der Waals surface area contributed by atoms with Gasteiger partial charge in [0.25, 0.3) is 0 Å². The molecule has 4 N–H and O–H groups in total. The van der Waals surface area contributed by atoms with Crippen LogP contribution in [0.5, 0.6) is 0 Å². The molecule has 0 heterocycles. The summed E-state index contributed by atoms with van der Waals surface area (Å²) in [7, 11) is 3.90. The molecule has 0 radical (unpaired) electrons. The smallest absolute Gasteiger partial charge is 0.342 e. The summed E-state index contributed by atoms with van der Waals surface area (Å²) in [5.41, 5.74) is 5.80. The molecule has 0 atom stereocenters. The minimum atomic E-state index is -0.663. The predicted octanol–water partition coefficient (Wildman–Crippen LogP) is 4.10. The van der Waals surface area contributed by atoms with E-state index in [0.29, 0.717) is 6.42 Å². The maximum Gasteiger partial charge on any atom is 0.342 e. The normalized spacial score (nSPS) is 10.6. The molecule has 148 valence electrons. The van der Waals surface area contributed by atoms with Gasteiger partial charge in [0, 0.05) is 6.42 Å². The lowest BCUT2D eigenvalue weighted by atomic mass is 10.0. The molecule has 0 aromatic heterocycles. The molecule has 0 bridgehead atoms. The van der Waals surface area contributed by atoms with Gasteiger partial charge >= 0.3 is 11.9 Å². The van der Waals surface area contributed by atoms with Gasteiger partial charge in [-0.2, -0.15) is 0 Å². The number of unbranched alkanes of at least 4 members (excludes halogenated alkanes) is 13. The Morgan fingerprint density at radius 1 is 0.760 bits per heavy atom. The van der Waals surface area contributed by atoms with Crippen molar-refractivity contribution in [2.24, 2.45) is 5.73 Å². The van der Waals surface area contributed by atoms with Crippen molar-refractivity contribution in [3.8, 4) is 0 Å². The highest BCUT2D eigenvalue weighted by molar-refractivity contribution is 5.72. The monoisotopic (exact) mass is 356 g/mol. The van der Waals surface area contributed by atoms with Gasteiger partial charge in [0.2, 0.25) is 0 Å². The molecule has 0 rings (SSSR count). The number of rotatable bonds is 17. The molecule has 0 unspecified atom stereocenters. The van der Waals surface area contributed by atoms with Crippen molar-refractivity contribution < 1.29 is 14.5 Å². The third-order valence-electron chi connectivity index (χ3n) is 4.61. The summed E-state index contributed by atoms with van der Waals surface area (Å²) in [4.78, 5) is 10.4. The zero-order valence-corrected chi connectivity index (χ0v) is 16.7. The number of carboxylic acids is 1. The molecule has 5 heteroatoms. The first kappa shape index (κ1) is 23.7. The molecule has 0 spiro atoms. The maximum absolute atomic E-state index is 10.4. The first-order valence-corrected chi connectivity index (χ1v) is 10.3. The number of hydrogen-bond acceptors (Lipinski definition) is 1. The van der Waals surface area contributed by atoms with E-state index in [1.165, 1.54) is 77.0 Å². The Balaban J connectivity index is 3.10.